The van der Waals surface area contributed by atoms with E-state index in [0.29, 0.717) is 0 Å². The van der Waals surface area contributed by atoms with E-state index in [4.69, 9.17) is 0 Å². The van der Waals surface area contributed by atoms with Crippen molar-refractivity contribution in [3.63, 3.8) is 0 Å². The molecular weight excluding hydrogens is 168 g/mol. The van der Waals surface area contributed by atoms with E-state index < -0.39 is 0 Å². The van der Waals surface area contributed by atoms with Crippen molar-refractivity contribution in [2.75, 3.05) is 7.05 Å². The zero-order valence-electron chi connectivity index (χ0n) is 7.42. The Morgan fingerprint density at radius 3 is 3.00 bits per heavy atom. The summed E-state index contributed by atoms with van der Waals surface area (Å²) in [4.78, 5) is 10.1. The number of nitrogens with zero attached hydrogens (tertiary/aromatic N) is 2. The van der Waals surface area contributed by atoms with Crippen LogP contribution in [-0.4, -0.2) is 17.7 Å². The largest absolute Gasteiger partial charge is 0.292 e. The summed E-state index contributed by atoms with van der Waals surface area (Å²) in [6.45, 7) is 2.07. The number of hydrogen-bond donors (Lipinski definition) is 0. The summed E-state index contributed by atoms with van der Waals surface area (Å²) in [6.07, 6.45) is 3.48. The third-order valence-electron chi connectivity index (χ3n) is 2.16. The van der Waals surface area contributed by atoms with Crippen LogP contribution in [0.25, 0.3) is 0 Å². The lowest BCUT2D eigenvalue weighted by molar-refractivity contribution is 0.816. The standard InChI is InChI=1S/C9H12N2S/c1-6-11-8-5-3-4-7(10-2)9(8)12-6/h3-5H2,1-2H3. The monoisotopic (exact) mass is 180 g/mol. The van der Waals surface area contributed by atoms with Crippen molar-refractivity contribution in [2.24, 2.45) is 4.99 Å². The Morgan fingerprint density at radius 1 is 1.42 bits per heavy atom. The van der Waals surface area contributed by atoms with Gasteiger partial charge in [-0.2, -0.15) is 0 Å². The molecule has 0 spiro atoms. The first-order valence-electron chi connectivity index (χ1n) is 4.23. The van der Waals surface area contributed by atoms with Gasteiger partial charge < -0.3 is 0 Å². The second-order valence-electron chi connectivity index (χ2n) is 3.03. The van der Waals surface area contributed by atoms with Gasteiger partial charge in [0, 0.05) is 7.05 Å². The SMILES string of the molecule is CN=C1CCCc2nc(C)sc21. The fourth-order valence-corrected chi connectivity index (χ4v) is 2.64. The first-order chi connectivity index (χ1) is 5.81. The van der Waals surface area contributed by atoms with Crippen molar-refractivity contribution < 1.29 is 0 Å². The molecule has 0 radical (unpaired) electrons. The van der Waals surface area contributed by atoms with Crippen molar-refractivity contribution >= 4 is 17.0 Å². The Hall–Kier alpha value is -0.700. The van der Waals surface area contributed by atoms with Crippen LogP contribution in [0.1, 0.15) is 28.4 Å². The molecule has 0 aliphatic heterocycles. The molecule has 0 aromatic carbocycles. The smallest absolute Gasteiger partial charge is 0.0904 e. The van der Waals surface area contributed by atoms with Gasteiger partial charge in [-0.1, -0.05) is 0 Å². The molecular formula is C9H12N2S. The topological polar surface area (TPSA) is 25.2 Å². The number of aromatic nitrogens is 1. The number of thiazole rings is 1. The summed E-state index contributed by atoms with van der Waals surface area (Å²) in [5.41, 5.74) is 2.52. The first kappa shape index (κ1) is 7.92. The minimum Gasteiger partial charge on any atom is -0.292 e. The van der Waals surface area contributed by atoms with Crippen LogP contribution in [-0.2, 0) is 6.42 Å². The van der Waals surface area contributed by atoms with E-state index in [1.54, 1.807) is 11.3 Å². The summed E-state index contributed by atoms with van der Waals surface area (Å²) >= 11 is 1.78. The highest BCUT2D eigenvalue weighted by atomic mass is 32.1. The summed E-state index contributed by atoms with van der Waals surface area (Å²) in [7, 11) is 1.87. The first-order valence-corrected chi connectivity index (χ1v) is 5.05. The maximum Gasteiger partial charge on any atom is 0.0904 e. The Labute approximate surface area is 76.4 Å². The molecule has 1 aliphatic rings. The molecule has 0 saturated carbocycles. The quantitative estimate of drug-likeness (QED) is 0.601. The van der Waals surface area contributed by atoms with Gasteiger partial charge in [-0.15, -0.1) is 11.3 Å². The molecule has 2 nitrogen and oxygen atoms in total. The van der Waals surface area contributed by atoms with E-state index in [1.165, 1.54) is 27.7 Å². The molecule has 64 valence electrons. The predicted octanol–water partition coefficient (Wildman–Crippen LogP) is 2.21. The van der Waals surface area contributed by atoms with Gasteiger partial charge in [0.15, 0.2) is 0 Å². The summed E-state index contributed by atoms with van der Waals surface area (Å²) in [5.74, 6) is 0. The number of rotatable bonds is 0. The van der Waals surface area contributed by atoms with E-state index in [2.05, 4.69) is 16.9 Å². The van der Waals surface area contributed by atoms with Gasteiger partial charge in [-0.3, -0.25) is 4.99 Å². The number of aliphatic imine (C=N–C) groups is 1. The van der Waals surface area contributed by atoms with Gasteiger partial charge in [-0.25, -0.2) is 4.98 Å². The third-order valence-corrected chi connectivity index (χ3v) is 3.23. The molecule has 0 saturated heterocycles. The molecule has 1 aliphatic carbocycles. The van der Waals surface area contributed by atoms with Gasteiger partial charge in [0.1, 0.15) is 0 Å². The second kappa shape index (κ2) is 2.98. The number of fused-ring (bicyclic) bond motifs is 1. The molecule has 1 heterocycles. The molecule has 0 fully saturated rings. The lowest BCUT2D eigenvalue weighted by Gasteiger charge is -2.10. The Kier molecular flexibility index (Phi) is 1.97. The molecule has 0 amide bonds. The molecule has 0 bridgehead atoms. The van der Waals surface area contributed by atoms with Crippen LogP contribution in [0.3, 0.4) is 0 Å². The van der Waals surface area contributed by atoms with E-state index in [1.807, 2.05) is 7.05 Å². The predicted molar refractivity (Wildman–Crippen MR) is 52.3 cm³/mol. The van der Waals surface area contributed by atoms with Gasteiger partial charge in [0.2, 0.25) is 0 Å². The lowest BCUT2D eigenvalue weighted by Crippen LogP contribution is -2.09. The van der Waals surface area contributed by atoms with Gasteiger partial charge >= 0.3 is 0 Å². The van der Waals surface area contributed by atoms with Crippen LogP contribution in [0.2, 0.25) is 0 Å². The van der Waals surface area contributed by atoms with Crippen LogP contribution in [0.15, 0.2) is 4.99 Å². The molecule has 1 aromatic heterocycles. The van der Waals surface area contributed by atoms with Crippen LogP contribution in [0, 0.1) is 6.92 Å². The molecule has 0 N–H and O–H groups in total. The van der Waals surface area contributed by atoms with Crippen LogP contribution < -0.4 is 0 Å². The summed E-state index contributed by atoms with van der Waals surface area (Å²) in [5, 5.41) is 1.17. The fourth-order valence-electron chi connectivity index (χ4n) is 1.62. The van der Waals surface area contributed by atoms with Crippen LogP contribution in [0.4, 0.5) is 0 Å². The summed E-state index contributed by atoms with van der Waals surface area (Å²) in [6, 6.07) is 0. The van der Waals surface area contributed by atoms with Crippen molar-refractivity contribution in [3.8, 4) is 0 Å². The number of hydrogen-bond acceptors (Lipinski definition) is 3. The highest BCUT2D eigenvalue weighted by molar-refractivity contribution is 7.13. The molecule has 1 aromatic rings. The molecule has 0 unspecified atom stereocenters. The van der Waals surface area contributed by atoms with Gasteiger partial charge in [0.25, 0.3) is 0 Å². The highest BCUT2D eigenvalue weighted by Crippen LogP contribution is 2.26. The third kappa shape index (κ3) is 1.18. The van der Waals surface area contributed by atoms with Gasteiger partial charge in [-0.05, 0) is 26.2 Å². The zero-order valence-corrected chi connectivity index (χ0v) is 8.24. The van der Waals surface area contributed by atoms with E-state index >= 15 is 0 Å². The van der Waals surface area contributed by atoms with Crippen molar-refractivity contribution in [2.45, 2.75) is 26.2 Å². The Bertz CT molecular complexity index is 325. The van der Waals surface area contributed by atoms with Crippen molar-refractivity contribution in [1.29, 1.82) is 0 Å². The maximum absolute atomic E-state index is 4.49. The Morgan fingerprint density at radius 2 is 2.25 bits per heavy atom. The minimum atomic E-state index is 1.13. The molecule has 3 heteroatoms. The summed E-state index contributed by atoms with van der Waals surface area (Å²) < 4.78 is 0. The highest BCUT2D eigenvalue weighted by Gasteiger charge is 2.18. The fraction of sp³-hybridized carbons (Fsp3) is 0.556. The normalized spacial score (nSPS) is 19.7. The number of aryl methyl sites for hydroxylation is 2. The van der Waals surface area contributed by atoms with E-state index in [0.717, 1.165) is 12.8 Å². The minimum absolute atomic E-state index is 1.13. The van der Waals surface area contributed by atoms with Crippen LogP contribution in [0.5, 0.6) is 0 Å². The van der Waals surface area contributed by atoms with Crippen molar-refractivity contribution in [1.82, 2.24) is 4.98 Å². The van der Waals surface area contributed by atoms with Gasteiger partial charge in [0.05, 0.1) is 21.3 Å². The molecule has 12 heavy (non-hydrogen) atoms. The van der Waals surface area contributed by atoms with Crippen LogP contribution >= 0.6 is 11.3 Å². The van der Waals surface area contributed by atoms with Crippen molar-refractivity contribution in [3.05, 3.63) is 15.6 Å². The van der Waals surface area contributed by atoms with E-state index in [-0.39, 0.29) is 0 Å². The second-order valence-corrected chi connectivity index (χ2v) is 4.24. The zero-order chi connectivity index (χ0) is 8.55. The average molecular weight is 180 g/mol. The molecule has 2 rings (SSSR count). The average Bonchev–Trinajstić information content (AvgIpc) is 2.44. The Balaban J connectivity index is 2.50. The van der Waals surface area contributed by atoms with E-state index in [9.17, 15) is 0 Å². The lowest BCUT2D eigenvalue weighted by atomic mass is 10.0. The maximum atomic E-state index is 4.49. The molecule has 0 atom stereocenters.